The predicted octanol–water partition coefficient (Wildman–Crippen LogP) is 2.69. The van der Waals surface area contributed by atoms with Crippen molar-refractivity contribution in [2.24, 2.45) is 5.92 Å². The van der Waals surface area contributed by atoms with Crippen LogP contribution in [-0.4, -0.2) is 28.6 Å². The van der Waals surface area contributed by atoms with Gasteiger partial charge >= 0.3 is 5.97 Å². The first kappa shape index (κ1) is 14.5. The lowest BCUT2D eigenvalue weighted by Crippen LogP contribution is -2.33. The molecule has 1 aromatic carbocycles. The Kier molecular flexibility index (Phi) is 3.80. The van der Waals surface area contributed by atoms with Crippen LogP contribution in [0, 0.1) is 21.8 Å². The standard InChI is InChI=1S/C12H12ClFN2O4/c1-6-7(12(17)18)2-3-15(6)10-5-9(14)8(13)4-11(10)16(19)20/h4-7H,2-3H2,1H3,(H,17,18). The van der Waals surface area contributed by atoms with E-state index in [0.717, 1.165) is 12.1 Å². The van der Waals surface area contributed by atoms with E-state index in [1.165, 1.54) is 4.90 Å². The number of carbonyl (C=O) groups is 1. The number of aliphatic carboxylic acids is 1. The molecule has 1 aliphatic heterocycles. The second-order valence-corrected chi connectivity index (χ2v) is 5.09. The molecule has 2 unspecified atom stereocenters. The molecule has 0 spiro atoms. The highest BCUT2D eigenvalue weighted by atomic mass is 35.5. The monoisotopic (exact) mass is 302 g/mol. The van der Waals surface area contributed by atoms with E-state index in [4.69, 9.17) is 16.7 Å². The Labute approximate surface area is 118 Å². The summed E-state index contributed by atoms with van der Waals surface area (Å²) >= 11 is 5.56. The van der Waals surface area contributed by atoms with Crippen molar-refractivity contribution in [2.45, 2.75) is 19.4 Å². The molecule has 0 aromatic heterocycles. The molecule has 1 N–H and O–H groups in total. The van der Waals surface area contributed by atoms with Crippen LogP contribution in [0.5, 0.6) is 0 Å². The predicted molar refractivity (Wildman–Crippen MR) is 70.6 cm³/mol. The first-order chi connectivity index (χ1) is 9.32. The van der Waals surface area contributed by atoms with Crippen molar-refractivity contribution in [3.63, 3.8) is 0 Å². The fourth-order valence-electron chi connectivity index (χ4n) is 2.51. The molecule has 20 heavy (non-hydrogen) atoms. The number of halogens is 2. The van der Waals surface area contributed by atoms with Crippen molar-refractivity contribution in [3.8, 4) is 0 Å². The number of hydrogen-bond acceptors (Lipinski definition) is 4. The van der Waals surface area contributed by atoms with Gasteiger partial charge in [0, 0.05) is 24.7 Å². The van der Waals surface area contributed by atoms with Crippen molar-refractivity contribution in [2.75, 3.05) is 11.4 Å². The fourth-order valence-corrected chi connectivity index (χ4v) is 2.67. The molecule has 0 radical (unpaired) electrons. The van der Waals surface area contributed by atoms with Crippen molar-refractivity contribution < 1.29 is 19.2 Å². The van der Waals surface area contributed by atoms with Gasteiger partial charge in [-0.15, -0.1) is 0 Å². The molecule has 1 aromatic rings. The van der Waals surface area contributed by atoms with Gasteiger partial charge in [-0.25, -0.2) is 4.39 Å². The van der Waals surface area contributed by atoms with Crippen molar-refractivity contribution in [1.29, 1.82) is 0 Å². The van der Waals surface area contributed by atoms with Crippen LogP contribution < -0.4 is 4.90 Å². The summed E-state index contributed by atoms with van der Waals surface area (Å²) in [6.07, 6.45) is 0.359. The number of anilines is 1. The molecule has 108 valence electrons. The van der Waals surface area contributed by atoms with Crippen LogP contribution in [0.2, 0.25) is 5.02 Å². The van der Waals surface area contributed by atoms with Gasteiger partial charge in [-0.2, -0.15) is 0 Å². The van der Waals surface area contributed by atoms with Crippen LogP contribution in [0.4, 0.5) is 15.8 Å². The highest BCUT2D eigenvalue weighted by Gasteiger charge is 2.38. The molecule has 0 saturated carbocycles. The quantitative estimate of drug-likeness (QED) is 0.685. The van der Waals surface area contributed by atoms with Crippen LogP contribution in [0.25, 0.3) is 0 Å². The molecule has 1 fully saturated rings. The van der Waals surface area contributed by atoms with E-state index in [9.17, 15) is 19.3 Å². The lowest BCUT2D eigenvalue weighted by Gasteiger charge is -2.25. The number of carboxylic acid groups (broad SMARTS) is 1. The minimum Gasteiger partial charge on any atom is -0.481 e. The number of nitro groups is 1. The zero-order valence-electron chi connectivity index (χ0n) is 10.5. The molecule has 2 atom stereocenters. The van der Waals surface area contributed by atoms with E-state index in [0.29, 0.717) is 13.0 Å². The largest absolute Gasteiger partial charge is 0.481 e. The van der Waals surface area contributed by atoms with Crippen LogP contribution in [-0.2, 0) is 4.79 Å². The molecule has 0 aliphatic carbocycles. The Morgan fingerprint density at radius 1 is 1.60 bits per heavy atom. The van der Waals surface area contributed by atoms with Gasteiger partial charge < -0.3 is 10.0 Å². The number of carboxylic acids is 1. The Morgan fingerprint density at radius 3 is 2.75 bits per heavy atom. The Bertz CT molecular complexity index is 581. The van der Waals surface area contributed by atoms with E-state index in [1.807, 2.05) is 0 Å². The lowest BCUT2D eigenvalue weighted by atomic mass is 10.0. The van der Waals surface area contributed by atoms with E-state index >= 15 is 0 Å². The van der Waals surface area contributed by atoms with Gasteiger partial charge in [-0.1, -0.05) is 11.6 Å². The summed E-state index contributed by atoms with van der Waals surface area (Å²) in [5, 5.41) is 19.8. The second-order valence-electron chi connectivity index (χ2n) is 4.68. The highest BCUT2D eigenvalue weighted by Crippen LogP contribution is 2.38. The number of hydrogen-bond donors (Lipinski definition) is 1. The lowest BCUT2D eigenvalue weighted by molar-refractivity contribution is -0.384. The van der Waals surface area contributed by atoms with Gasteiger partial charge in [-0.05, 0) is 13.3 Å². The SMILES string of the molecule is CC1C(C(=O)O)CCN1c1cc(F)c(Cl)cc1[N+](=O)[O-]. The number of nitrogens with zero attached hydrogens (tertiary/aromatic N) is 2. The van der Waals surface area contributed by atoms with Gasteiger partial charge in [0.25, 0.3) is 5.69 Å². The number of nitro benzene ring substituents is 1. The maximum Gasteiger partial charge on any atom is 0.308 e. The van der Waals surface area contributed by atoms with Gasteiger partial charge in [0.2, 0.25) is 0 Å². The van der Waals surface area contributed by atoms with Gasteiger partial charge in [0.15, 0.2) is 0 Å². The summed E-state index contributed by atoms with van der Waals surface area (Å²) in [5.41, 5.74) is -0.262. The van der Waals surface area contributed by atoms with E-state index in [2.05, 4.69) is 0 Å². The van der Waals surface area contributed by atoms with Crippen LogP contribution in [0.1, 0.15) is 13.3 Å². The molecule has 1 heterocycles. The maximum atomic E-state index is 13.6. The first-order valence-corrected chi connectivity index (χ1v) is 6.33. The molecular weight excluding hydrogens is 291 g/mol. The van der Waals surface area contributed by atoms with Crippen molar-refractivity contribution in [1.82, 2.24) is 0 Å². The average molecular weight is 303 g/mol. The zero-order valence-corrected chi connectivity index (χ0v) is 11.3. The first-order valence-electron chi connectivity index (χ1n) is 5.95. The topological polar surface area (TPSA) is 83.7 Å². The minimum absolute atomic E-state index is 0.0631. The third-order valence-electron chi connectivity index (χ3n) is 3.60. The van der Waals surface area contributed by atoms with Crippen LogP contribution in [0.15, 0.2) is 12.1 Å². The summed E-state index contributed by atoms with van der Waals surface area (Å²) in [7, 11) is 0. The maximum absolute atomic E-state index is 13.6. The zero-order chi connectivity index (χ0) is 15.0. The summed E-state index contributed by atoms with van der Waals surface area (Å²) in [6.45, 7) is 1.97. The fraction of sp³-hybridized carbons (Fsp3) is 0.417. The Hall–Kier alpha value is -1.89. The molecule has 1 aliphatic rings. The summed E-state index contributed by atoms with van der Waals surface area (Å²) in [4.78, 5) is 23.0. The normalized spacial score (nSPS) is 22.1. The van der Waals surface area contributed by atoms with Crippen LogP contribution in [0.3, 0.4) is 0 Å². The molecular formula is C12H12ClFN2O4. The van der Waals surface area contributed by atoms with Crippen molar-refractivity contribution >= 4 is 28.9 Å². The Balaban J connectivity index is 2.45. The summed E-state index contributed by atoms with van der Waals surface area (Å²) in [6, 6.07) is 1.49. The van der Waals surface area contributed by atoms with Gasteiger partial charge in [-0.3, -0.25) is 14.9 Å². The van der Waals surface area contributed by atoms with Gasteiger partial charge in [0.1, 0.15) is 11.5 Å². The molecule has 0 amide bonds. The molecule has 8 heteroatoms. The summed E-state index contributed by atoms with van der Waals surface area (Å²) in [5.74, 6) is -2.36. The minimum atomic E-state index is -0.961. The van der Waals surface area contributed by atoms with E-state index in [-0.39, 0.29) is 16.4 Å². The smallest absolute Gasteiger partial charge is 0.308 e. The molecule has 2 rings (SSSR count). The number of rotatable bonds is 3. The summed E-state index contributed by atoms with van der Waals surface area (Å²) < 4.78 is 13.6. The van der Waals surface area contributed by atoms with Gasteiger partial charge in [0.05, 0.1) is 15.9 Å². The second kappa shape index (κ2) is 5.24. The molecule has 0 bridgehead atoms. The van der Waals surface area contributed by atoms with Crippen LogP contribution >= 0.6 is 11.6 Å². The third kappa shape index (κ3) is 2.40. The Morgan fingerprint density at radius 2 is 2.25 bits per heavy atom. The van der Waals surface area contributed by atoms with Crippen molar-refractivity contribution in [3.05, 3.63) is 33.1 Å². The number of benzene rings is 1. The van der Waals surface area contributed by atoms with E-state index in [1.54, 1.807) is 6.92 Å². The van der Waals surface area contributed by atoms with E-state index < -0.39 is 28.7 Å². The molecule has 6 nitrogen and oxygen atoms in total. The molecule has 1 saturated heterocycles. The average Bonchev–Trinajstić information content (AvgIpc) is 2.73. The third-order valence-corrected chi connectivity index (χ3v) is 3.89. The highest BCUT2D eigenvalue weighted by molar-refractivity contribution is 6.31.